The molecule has 8 nitrogen and oxygen atoms in total. The van der Waals surface area contributed by atoms with Crippen molar-refractivity contribution in [3.63, 3.8) is 0 Å². The minimum absolute atomic E-state index is 0.00281. The second-order valence-electron chi connectivity index (χ2n) is 5.73. The molecule has 0 amide bonds. The molecule has 3 aromatic rings. The third-order valence-corrected chi connectivity index (χ3v) is 4.04. The van der Waals surface area contributed by atoms with Gasteiger partial charge in [-0.15, -0.1) is 0 Å². The first-order valence-corrected chi connectivity index (χ1v) is 8.67. The third-order valence-electron chi connectivity index (χ3n) is 4.04. The zero-order valence-corrected chi connectivity index (χ0v) is 15.4. The number of aromatic nitrogens is 4. The lowest BCUT2D eigenvalue weighted by Crippen LogP contribution is -2.11. The van der Waals surface area contributed by atoms with Gasteiger partial charge in [-0.1, -0.05) is 12.1 Å². The Morgan fingerprint density at radius 3 is 2.59 bits per heavy atom. The Bertz CT molecular complexity index is 851. The molecular formula is C19H23N5O3. The molecule has 0 bridgehead atoms. The number of hydrogen-bond acceptors (Lipinski definition) is 7. The fourth-order valence-electron chi connectivity index (χ4n) is 2.75. The highest BCUT2D eigenvalue weighted by Gasteiger charge is 2.16. The first-order valence-electron chi connectivity index (χ1n) is 8.67. The summed E-state index contributed by atoms with van der Waals surface area (Å²) in [5, 5.41) is 12.1. The van der Waals surface area contributed by atoms with E-state index >= 15 is 0 Å². The van der Waals surface area contributed by atoms with E-state index < -0.39 is 0 Å². The van der Waals surface area contributed by atoms with Crippen LogP contribution in [0, 0.1) is 0 Å². The quantitative estimate of drug-likeness (QED) is 0.557. The van der Waals surface area contributed by atoms with E-state index in [1.165, 1.54) is 0 Å². The number of nitrogens with one attached hydrogen (secondary N) is 1. The first-order chi connectivity index (χ1) is 13.3. The molecule has 27 heavy (non-hydrogen) atoms. The van der Waals surface area contributed by atoms with Crippen LogP contribution in [0.3, 0.4) is 0 Å². The van der Waals surface area contributed by atoms with Crippen LogP contribution in [0.25, 0.3) is 17.1 Å². The van der Waals surface area contributed by atoms with Gasteiger partial charge in [-0.05, 0) is 17.7 Å². The molecule has 0 unspecified atom stereocenters. The zero-order chi connectivity index (χ0) is 19.1. The predicted octanol–water partition coefficient (Wildman–Crippen LogP) is 1.93. The van der Waals surface area contributed by atoms with Crippen molar-refractivity contribution >= 4 is 5.82 Å². The monoisotopic (exact) mass is 369 g/mol. The summed E-state index contributed by atoms with van der Waals surface area (Å²) < 4.78 is 12.5. The van der Waals surface area contributed by atoms with Gasteiger partial charge in [-0.2, -0.15) is 4.98 Å². The Balaban J connectivity index is 2.04. The number of nitrogens with zero attached hydrogens (tertiary/aromatic N) is 4. The van der Waals surface area contributed by atoms with Gasteiger partial charge in [-0.25, -0.2) is 9.97 Å². The molecule has 0 aliphatic carbocycles. The van der Waals surface area contributed by atoms with Crippen molar-refractivity contribution in [1.29, 1.82) is 0 Å². The van der Waals surface area contributed by atoms with Crippen molar-refractivity contribution in [3.8, 4) is 22.8 Å². The number of benzene rings is 1. The van der Waals surface area contributed by atoms with Crippen LogP contribution in [0.15, 0.2) is 43.0 Å². The Morgan fingerprint density at radius 2 is 1.96 bits per heavy atom. The van der Waals surface area contributed by atoms with E-state index in [1.54, 1.807) is 30.4 Å². The van der Waals surface area contributed by atoms with Gasteiger partial charge in [-0.3, -0.25) is 4.57 Å². The van der Waals surface area contributed by atoms with Crippen LogP contribution < -0.4 is 10.1 Å². The molecule has 8 heteroatoms. The lowest BCUT2D eigenvalue weighted by atomic mass is 10.0. The van der Waals surface area contributed by atoms with Crippen molar-refractivity contribution in [1.82, 2.24) is 19.5 Å². The minimum atomic E-state index is -0.00281. The van der Waals surface area contributed by atoms with Gasteiger partial charge >= 0.3 is 0 Å². The summed E-state index contributed by atoms with van der Waals surface area (Å²) in [6, 6.07) is 7.77. The molecule has 0 radical (unpaired) electrons. The smallest absolute Gasteiger partial charge is 0.237 e. The molecule has 3 rings (SSSR count). The summed E-state index contributed by atoms with van der Waals surface area (Å²) >= 11 is 0. The molecule has 0 fully saturated rings. The fraction of sp³-hybridized carbons (Fsp3) is 0.316. The molecule has 0 atom stereocenters. The predicted molar refractivity (Wildman–Crippen MR) is 102 cm³/mol. The molecule has 0 aliphatic rings. The summed E-state index contributed by atoms with van der Waals surface area (Å²) in [7, 11) is 3.47. The van der Waals surface area contributed by atoms with Crippen molar-refractivity contribution in [2.75, 3.05) is 39.3 Å². The maximum absolute atomic E-state index is 8.91. The van der Waals surface area contributed by atoms with Gasteiger partial charge in [0.25, 0.3) is 0 Å². The molecular weight excluding hydrogens is 346 g/mol. The number of ether oxygens (including phenoxy) is 2. The standard InChI is InChI=1S/C19H23N5O3/c1-20-18-17(14-3-5-15(26-2)6-4-14)16(7-11-27-12-10-25)22-19(23-18)24-9-8-21-13-24/h3-6,8-9,13,25H,7,10-12H2,1-2H3,(H,20,22,23). The number of methoxy groups -OCH3 is 1. The summed E-state index contributed by atoms with van der Waals surface area (Å²) in [5.41, 5.74) is 2.74. The molecule has 0 saturated carbocycles. The van der Waals surface area contributed by atoms with Crippen LogP contribution in [0.1, 0.15) is 5.69 Å². The van der Waals surface area contributed by atoms with E-state index in [2.05, 4.69) is 15.3 Å². The van der Waals surface area contributed by atoms with Gasteiger partial charge in [0.2, 0.25) is 5.95 Å². The number of aliphatic hydroxyl groups excluding tert-OH is 1. The van der Waals surface area contributed by atoms with Crippen LogP contribution in [-0.2, 0) is 11.2 Å². The average Bonchev–Trinajstić information content (AvgIpc) is 3.25. The second-order valence-corrected chi connectivity index (χ2v) is 5.73. The zero-order valence-electron chi connectivity index (χ0n) is 15.4. The van der Waals surface area contributed by atoms with E-state index in [4.69, 9.17) is 19.6 Å². The van der Waals surface area contributed by atoms with E-state index in [-0.39, 0.29) is 6.61 Å². The van der Waals surface area contributed by atoms with E-state index in [1.807, 2.05) is 31.3 Å². The van der Waals surface area contributed by atoms with Crippen LogP contribution >= 0.6 is 0 Å². The largest absolute Gasteiger partial charge is 0.497 e. The van der Waals surface area contributed by atoms with Crippen molar-refractivity contribution in [3.05, 3.63) is 48.7 Å². The maximum Gasteiger partial charge on any atom is 0.237 e. The SMILES string of the molecule is CNc1nc(-n2ccnc2)nc(CCOCCO)c1-c1ccc(OC)cc1. The summed E-state index contributed by atoms with van der Waals surface area (Å²) in [6.45, 7) is 0.751. The van der Waals surface area contributed by atoms with Gasteiger partial charge in [0.05, 0.1) is 32.6 Å². The summed E-state index contributed by atoms with van der Waals surface area (Å²) in [4.78, 5) is 13.5. The van der Waals surface area contributed by atoms with Crippen LogP contribution in [0.2, 0.25) is 0 Å². The Labute approximate surface area is 157 Å². The van der Waals surface area contributed by atoms with E-state index in [9.17, 15) is 0 Å². The highest BCUT2D eigenvalue weighted by Crippen LogP contribution is 2.31. The van der Waals surface area contributed by atoms with Crippen LogP contribution in [-0.4, -0.2) is 58.6 Å². The second kappa shape index (κ2) is 9.11. The average molecular weight is 369 g/mol. The third kappa shape index (κ3) is 4.42. The van der Waals surface area contributed by atoms with Crippen molar-refractivity contribution < 1.29 is 14.6 Å². The van der Waals surface area contributed by atoms with Crippen LogP contribution in [0.5, 0.6) is 5.75 Å². The Morgan fingerprint density at radius 1 is 1.15 bits per heavy atom. The number of imidazole rings is 1. The first kappa shape index (κ1) is 18.8. The molecule has 142 valence electrons. The van der Waals surface area contributed by atoms with Crippen molar-refractivity contribution in [2.45, 2.75) is 6.42 Å². The maximum atomic E-state index is 8.91. The molecule has 2 aromatic heterocycles. The lowest BCUT2D eigenvalue weighted by molar-refractivity contribution is 0.0941. The number of rotatable bonds is 9. The molecule has 0 spiro atoms. The van der Waals surface area contributed by atoms with Crippen LogP contribution in [0.4, 0.5) is 5.82 Å². The summed E-state index contributed by atoms with van der Waals surface area (Å²) in [5.74, 6) is 2.04. The molecule has 0 saturated heterocycles. The Kier molecular flexibility index (Phi) is 6.35. The molecule has 0 aliphatic heterocycles. The lowest BCUT2D eigenvalue weighted by Gasteiger charge is -2.16. The number of hydrogen-bond donors (Lipinski definition) is 2. The van der Waals surface area contributed by atoms with E-state index in [0.717, 1.165) is 28.4 Å². The number of aliphatic hydroxyl groups is 1. The highest BCUT2D eigenvalue weighted by atomic mass is 16.5. The highest BCUT2D eigenvalue weighted by molar-refractivity contribution is 5.78. The molecule has 1 aromatic carbocycles. The van der Waals surface area contributed by atoms with Gasteiger partial charge in [0.15, 0.2) is 0 Å². The molecule has 2 N–H and O–H groups in total. The van der Waals surface area contributed by atoms with Gasteiger partial charge < -0.3 is 19.9 Å². The van der Waals surface area contributed by atoms with Gasteiger partial charge in [0, 0.05) is 31.4 Å². The normalized spacial score (nSPS) is 10.8. The fourth-order valence-corrected chi connectivity index (χ4v) is 2.75. The minimum Gasteiger partial charge on any atom is -0.497 e. The Hall–Kier alpha value is -2.97. The topological polar surface area (TPSA) is 94.3 Å². The number of anilines is 1. The van der Waals surface area contributed by atoms with Crippen molar-refractivity contribution in [2.24, 2.45) is 0 Å². The molecule has 2 heterocycles. The van der Waals surface area contributed by atoms with E-state index in [0.29, 0.717) is 25.6 Å². The van der Waals surface area contributed by atoms with Gasteiger partial charge in [0.1, 0.15) is 17.9 Å². The summed E-state index contributed by atoms with van der Waals surface area (Å²) in [6.07, 6.45) is 5.73.